The van der Waals surface area contributed by atoms with Crippen molar-refractivity contribution in [1.82, 2.24) is 25.3 Å². The van der Waals surface area contributed by atoms with Crippen LogP contribution in [0.25, 0.3) is 0 Å². The number of likely N-dealkylation sites (tertiary alicyclic amines) is 1. The van der Waals surface area contributed by atoms with Gasteiger partial charge in [0.05, 0.1) is 42.7 Å². The third-order valence-electron chi connectivity index (χ3n) is 10.8. The van der Waals surface area contributed by atoms with Crippen molar-refractivity contribution in [1.29, 1.82) is 0 Å². The molecule has 2 rings (SSSR count). The van der Waals surface area contributed by atoms with E-state index in [9.17, 15) is 29.1 Å². The van der Waals surface area contributed by atoms with Gasteiger partial charge in [-0.05, 0) is 50.3 Å². The average Bonchev–Trinajstić information content (AvgIpc) is 3.59. The third-order valence-corrected chi connectivity index (χ3v) is 10.8. The Kier molecular flexibility index (Phi) is 18.4. The first-order valence-electron chi connectivity index (χ1n) is 19.1. The molecule has 13 nitrogen and oxygen atoms in total. The Labute approximate surface area is 317 Å². The minimum atomic E-state index is -1.14. The van der Waals surface area contributed by atoms with Crippen LogP contribution in [0.4, 0.5) is 0 Å². The molecule has 0 spiro atoms. The van der Waals surface area contributed by atoms with E-state index in [1.807, 2.05) is 90.9 Å². The summed E-state index contributed by atoms with van der Waals surface area (Å²) >= 11 is 0. The quantitative estimate of drug-likeness (QED) is 0.172. The molecule has 1 aromatic rings. The van der Waals surface area contributed by atoms with Gasteiger partial charge in [0.2, 0.25) is 23.6 Å². The SMILES string of the molecule is CC[C@H](C)C([C@H](CC(=O)N1CCC[C@H]1[C@@H](OC)[C@@H](C)C(=O)N[C@@H](Cc1ccccc1)C(=O)O)OC)N(C)C(=O)[C@@H](NC(=O)[C@H](C(C)C)N(C)C)C(C)C. The normalized spacial score (nSPS) is 19.2. The molecule has 3 N–H and O–H groups in total. The van der Waals surface area contributed by atoms with Gasteiger partial charge in [0, 0.05) is 34.2 Å². The average molecular weight is 746 g/mol. The van der Waals surface area contributed by atoms with E-state index in [0.717, 1.165) is 12.0 Å². The Morgan fingerprint density at radius 2 is 1.53 bits per heavy atom. The van der Waals surface area contributed by atoms with Crippen LogP contribution in [0, 0.1) is 23.7 Å². The summed E-state index contributed by atoms with van der Waals surface area (Å²) in [6, 6.07) is 5.89. The molecular formula is C40H67N5O8. The summed E-state index contributed by atoms with van der Waals surface area (Å²) in [7, 11) is 8.44. The number of rotatable bonds is 21. The van der Waals surface area contributed by atoms with E-state index >= 15 is 0 Å². The van der Waals surface area contributed by atoms with Crippen LogP contribution >= 0.6 is 0 Å². The van der Waals surface area contributed by atoms with Gasteiger partial charge < -0.3 is 35.0 Å². The molecule has 1 fully saturated rings. The molecule has 9 atom stereocenters. The predicted octanol–water partition coefficient (Wildman–Crippen LogP) is 3.45. The van der Waals surface area contributed by atoms with Crippen LogP contribution in [-0.2, 0) is 39.9 Å². The molecule has 1 aliphatic rings. The van der Waals surface area contributed by atoms with Crippen molar-refractivity contribution in [2.24, 2.45) is 23.7 Å². The van der Waals surface area contributed by atoms with Crippen molar-refractivity contribution >= 4 is 29.6 Å². The zero-order valence-corrected chi connectivity index (χ0v) is 34.1. The first kappa shape index (κ1) is 45.6. The lowest BCUT2D eigenvalue weighted by Gasteiger charge is -2.41. The second-order valence-electron chi connectivity index (χ2n) is 15.6. The summed E-state index contributed by atoms with van der Waals surface area (Å²) in [6.45, 7) is 13.9. The number of likely N-dealkylation sites (N-methyl/N-ethyl adjacent to an activating group) is 2. The van der Waals surface area contributed by atoms with Gasteiger partial charge in [-0.2, -0.15) is 0 Å². The Hall–Kier alpha value is -3.55. The van der Waals surface area contributed by atoms with Crippen LogP contribution in [-0.4, -0.2) is 134 Å². The zero-order chi connectivity index (χ0) is 40.2. The van der Waals surface area contributed by atoms with Crippen molar-refractivity contribution in [3.8, 4) is 0 Å². The topological polar surface area (TPSA) is 158 Å². The number of hydrogen-bond donors (Lipinski definition) is 3. The fourth-order valence-corrected chi connectivity index (χ4v) is 7.76. The van der Waals surface area contributed by atoms with Crippen molar-refractivity contribution in [2.75, 3.05) is 41.9 Å². The maximum absolute atomic E-state index is 14.2. The second-order valence-corrected chi connectivity index (χ2v) is 15.6. The highest BCUT2D eigenvalue weighted by atomic mass is 16.5. The maximum Gasteiger partial charge on any atom is 0.326 e. The van der Waals surface area contributed by atoms with Gasteiger partial charge in [-0.25, -0.2) is 4.79 Å². The molecule has 0 saturated carbocycles. The Bertz CT molecular complexity index is 1330. The smallest absolute Gasteiger partial charge is 0.326 e. The predicted molar refractivity (Wildman–Crippen MR) is 205 cm³/mol. The number of amides is 4. The van der Waals surface area contributed by atoms with Crippen LogP contribution in [0.15, 0.2) is 30.3 Å². The highest BCUT2D eigenvalue weighted by Crippen LogP contribution is 2.30. The van der Waals surface area contributed by atoms with E-state index in [1.54, 1.807) is 23.8 Å². The summed E-state index contributed by atoms with van der Waals surface area (Å²) in [5.74, 6) is -3.21. The molecule has 53 heavy (non-hydrogen) atoms. The van der Waals surface area contributed by atoms with Crippen molar-refractivity contribution < 1.29 is 38.6 Å². The van der Waals surface area contributed by atoms with Crippen molar-refractivity contribution in [3.63, 3.8) is 0 Å². The number of methoxy groups -OCH3 is 2. The largest absolute Gasteiger partial charge is 0.480 e. The number of benzene rings is 1. The molecule has 0 radical (unpaired) electrons. The number of nitrogens with zero attached hydrogens (tertiary/aromatic N) is 3. The van der Waals surface area contributed by atoms with Crippen molar-refractivity contribution in [3.05, 3.63) is 35.9 Å². The lowest BCUT2D eigenvalue weighted by molar-refractivity contribution is -0.148. The van der Waals surface area contributed by atoms with E-state index in [4.69, 9.17) is 9.47 Å². The van der Waals surface area contributed by atoms with Crippen LogP contribution in [0.1, 0.15) is 79.7 Å². The Balaban J connectivity index is 2.27. The van der Waals surface area contributed by atoms with Gasteiger partial charge in [0.15, 0.2) is 0 Å². The summed E-state index contributed by atoms with van der Waals surface area (Å²) in [5.41, 5.74) is 0.785. The molecule has 1 heterocycles. The first-order chi connectivity index (χ1) is 24.9. The summed E-state index contributed by atoms with van der Waals surface area (Å²) in [6.07, 6.45) is 0.820. The minimum Gasteiger partial charge on any atom is -0.480 e. The van der Waals surface area contributed by atoms with Crippen LogP contribution in [0.3, 0.4) is 0 Å². The molecule has 0 bridgehead atoms. The Morgan fingerprint density at radius 3 is 2.02 bits per heavy atom. The van der Waals surface area contributed by atoms with Gasteiger partial charge in [0.1, 0.15) is 12.1 Å². The van der Waals surface area contributed by atoms with E-state index in [-0.39, 0.29) is 48.3 Å². The zero-order valence-electron chi connectivity index (χ0n) is 34.1. The number of carbonyl (C=O) groups excluding carboxylic acids is 4. The van der Waals surface area contributed by atoms with E-state index < -0.39 is 60.2 Å². The lowest BCUT2D eigenvalue weighted by atomic mass is 9.89. The highest BCUT2D eigenvalue weighted by molar-refractivity contribution is 5.90. The van der Waals surface area contributed by atoms with Crippen molar-refractivity contribution in [2.45, 2.75) is 123 Å². The third kappa shape index (κ3) is 12.2. The molecule has 300 valence electrons. The first-order valence-corrected chi connectivity index (χ1v) is 19.1. The molecule has 1 aliphatic heterocycles. The number of ether oxygens (including phenoxy) is 2. The number of carboxylic acids is 1. The Morgan fingerprint density at radius 1 is 0.906 bits per heavy atom. The molecule has 4 amide bonds. The van der Waals surface area contributed by atoms with E-state index in [0.29, 0.717) is 19.4 Å². The van der Waals surface area contributed by atoms with Gasteiger partial charge in [-0.1, -0.05) is 85.2 Å². The van der Waals surface area contributed by atoms with Crippen LogP contribution < -0.4 is 10.6 Å². The fourth-order valence-electron chi connectivity index (χ4n) is 7.76. The van der Waals surface area contributed by atoms with Crippen LogP contribution in [0.2, 0.25) is 0 Å². The molecule has 1 unspecified atom stereocenters. The van der Waals surface area contributed by atoms with Gasteiger partial charge in [0.25, 0.3) is 0 Å². The van der Waals surface area contributed by atoms with Gasteiger partial charge in [-0.15, -0.1) is 0 Å². The standard InChI is InChI=1S/C40H67N5O8/c1-13-26(6)35(44(10)39(49)33(24(2)3)42-38(48)34(25(4)5)43(8)9)31(52-11)23-32(46)45-21-17-20-30(45)36(53-12)27(7)37(47)41-29(40(50)51)22-28-18-15-14-16-19-28/h14-16,18-19,24-27,29-31,33-36H,13,17,20-23H2,1-12H3,(H,41,47)(H,42,48)(H,50,51)/t26-,27+,29-,30-,31-,33-,34-,35?,36-/m0/s1. The van der Waals surface area contributed by atoms with E-state index in [2.05, 4.69) is 10.6 Å². The van der Waals surface area contributed by atoms with Gasteiger partial charge >= 0.3 is 5.97 Å². The molecule has 1 saturated heterocycles. The number of aliphatic carboxylic acids is 1. The van der Waals surface area contributed by atoms with Gasteiger partial charge in [-0.3, -0.25) is 24.1 Å². The summed E-state index contributed by atoms with van der Waals surface area (Å²) < 4.78 is 11.9. The molecule has 0 aromatic heterocycles. The summed E-state index contributed by atoms with van der Waals surface area (Å²) in [4.78, 5) is 72.5. The molecule has 1 aromatic carbocycles. The van der Waals surface area contributed by atoms with E-state index in [1.165, 1.54) is 14.2 Å². The molecule has 0 aliphatic carbocycles. The number of carboxylic acid groups (broad SMARTS) is 1. The lowest BCUT2D eigenvalue weighted by Crippen LogP contribution is -2.59. The number of hydrogen-bond acceptors (Lipinski definition) is 8. The molecular weight excluding hydrogens is 678 g/mol. The monoisotopic (exact) mass is 745 g/mol. The summed E-state index contributed by atoms with van der Waals surface area (Å²) in [5, 5.41) is 15.6. The minimum absolute atomic E-state index is 0.0104. The number of nitrogens with one attached hydrogen (secondary N) is 2. The molecule has 13 heteroatoms. The maximum atomic E-state index is 14.2. The number of carbonyl (C=O) groups is 5. The fraction of sp³-hybridized carbons (Fsp3) is 0.725. The van der Waals surface area contributed by atoms with Crippen LogP contribution in [0.5, 0.6) is 0 Å². The highest BCUT2D eigenvalue weighted by Gasteiger charge is 2.43. The second kappa shape index (κ2) is 21.4.